The van der Waals surface area contributed by atoms with Gasteiger partial charge in [-0.2, -0.15) is 0 Å². The summed E-state index contributed by atoms with van der Waals surface area (Å²) in [7, 11) is 0. The Kier molecular flexibility index (Phi) is 4.04. The van der Waals surface area contributed by atoms with Crippen LogP contribution < -0.4 is 0 Å². The van der Waals surface area contributed by atoms with Crippen molar-refractivity contribution < 1.29 is 20.4 Å². The summed E-state index contributed by atoms with van der Waals surface area (Å²) in [5, 5.41) is 37.5. The fraction of sp³-hybridized carbons (Fsp3) is 0.200. The van der Waals surface area contributed by atoms with Crippen molar-refractivity contribution in [3.63, 3.8) is 0 Å². The van der Waals surface area contributed by atoms with E-state index in [0.717, 1.165) is 11.1 Å². The van der Waals surface area contributed by atoms with Crippen molar-refractivity contribution in [2.24, 2.45) is 0 Å². The first-order valence-corrected chi connectivity index (χ1v) is 5.97. The van der Waals surface area contributed by atoms with E-state index in [0.29, 0.717) is 17.5 Å². The number of benzene rings is 2. The van der Waals surface area contributed by atoms with Gasteiger partial charge in [-0.1, -0.05) is 12.1 Å². The van der Waals surface area contributed by atoms with Crippen LogP contribution in [0.1, 0.15) is 22.3 Å². The second-order valence-corrected chi connectivity index (χ2v) is 4.42. The number of aliphatic hydroxyl groups is 2. The minimum atomic E-state index is -0.234. The Morgan fingerprint density at radius 3 is 1.89 bits per heavy atom. The third-order valence-corrected chi connectivity index (χ3v) is 3.04. The van der Waals surface area contributed by atoms with Gasteiger partial charge >= 0.3 is 0 Å². The van der Waals surface area contributed by atoms with Crippen LogP contribution in [0.5, 0.6) is 11.5 Å². The Morgan fingerprint density at radius 1 is 0.684 bits per heavy atom. The summed E-state index contributed by atoms with van der Waals surface area (Å²) in [6.45, 7) is -0.312. The summed E-state index contributed by atoms with van der Waals surface area (Å²) in [5.74, 6) is 0.218. The van der Waals surface area contributed by atoms with Crippen LogP contribution >= 0.6 is 0 Å². The first-order valence-electron chi connectivity index (χ1n) is 5.97. The smallest absolute Gasteiger partial charge is 0.121 e. The molecule has 2 aromatic carbocycles. The molecule has 100 valence electrons. The van der Waals surface area contributed by atoms with Crippen molar-refractivity contribution in [3.05, 3.63) is 58.7 Å². The highest BCUT2D eigenvalue weighted by Crippen LogP contribution is 2.25. The van der Waals surface area contributed by atoms with Crippen LogP contribution in [0.15, 0.2) is 36.4 Å². The molecule has 0 saturated heterocycles. The zero-order valence-electron chi connectivity index (χ0n) is 10.4. The van der Waals surface area contributed by atoms with Crippen LogP contribution in [0.2, 0.25) is 0 Å². The third-order valence-electron chi connectivity index (χ3n) is 3.04. The number of aliphatic hydroxyl groups excluding tert-OH is 2. The maximum Gasteiger partial charge on any atom is 0.121 e. The number of hydrogen-bond acceptors (Lipinski definition) is 4. The number of phenolic OH excluding ortho intramolecular Hbond substituents is 1. The summed E-state index contributed by atoms with van der Waals surface area (Å²) in [5.41, 5.74) is 2.75. The van der Waals surface area contributed by atoms with E-state index in [4.69, 9.17) is 10.2 Å². The van der Waals surface area contributed by atoms with Gasteiger partial charge in [0.25, 0.3) is 0 Å². The van der Waals surface area contributed by atoms with Gasteiger partial charge in [0.15, 0.2) is 0 Å². The third kappa shape index (κ3) is 3.05. The van der Waals surface area contributed by atoms with Crippen LogP contribution in [0.25, 0.3) is 0 Å². The molecule has 0 aliphatic heterocycles. The Hall–Kier alpha value is -2.04. The molecule has 19 heavy (non-hydrogen) atoms. The topological polar surface area (TPSA) is 80.9 Å². The molecule has 0 aromatic heterocycles. The van der Waals surface area contributed by atoms with E-state index >= 15 is 0 Å². The molecular formula is C15H16O4. The molecule has 0 aliphatic rings. The lowest BCUT2D eigenvalue weighted by Gasteiger charge is -2.09. The Balaban J connectivity index is 2.30. The first kappa shape index (κ1) is 13.4. The molecule has 2 aromatic rings. The molecule has 2 rings (SSSR count). The summed E-state index contributed by atoms with van der Waals surface area (Å²) < 4.78 is 0. The van der Waals surface area contributed by atoms with E-state index < -0.39 is 0 Å². The van der Waals surface area contributed by atoms with Crippen LogP contribution in [-0.2, 0) is 19.6 Å². The highest BCUT2D eigenvalue weighted by molar-refractivity contribution is 5.42. The monoisotopic (exact) mass is 260 g/mol. The maximum absolute atomic E-state index is 9.79. The maximum atomic E-state index is 9.79. The van der Waals surface area contributed by atoms with Crippen LogP contribution in [0, 0.1) is 0 Å². The van der Waals surface area contributed by atoms with Gasteiger partial charge in [-0.25, -0.2) is 0 Å². The van der Waals surface area contributed by atoms with Crippen molar-refractivity contribution in [2.45, 2.75) is 19.6 Å². The largest absolute Gasteiger partial charge is 0.508 e. The van der Waals surface area contributed by atoms with Gasteiger partial charge in [0, 0.05) is 12.0 Å². The van der Waals surface area contributed by atoms with Crippen LogP contribution in [-0.4, -0.2) is 20.4 Å². The molecule has 0 aliphatic carbocycles. The van der Waals surface area contributed by atoms with Crippen molar-refractivity contribution in [1.82, 2.24) is 0 Å². The zero-order chi connectivity index (χ0) is 13.8. The van der Waals surface area contributed by atoms with Gasteiger partial charge in [0.05, 0.1) is 13.2 Å². The van der Waals surface area contributed by atoms with Crippen molar-refractivity contribution in [2.75, 3.05) is 0 Å². The average molecular weight is 260 g/mol. The van der Waals surface area contributed by atoms with E-state index in [1.807, 2.05) is 0 Å². The van der Waals surface area contributed by atoms with Gasteiger partial charge < -0.3 is 20.4 Å². The molecule has 0 spiro atoms. The lowest BCUT2D eigenvalue weighted by molar-refractivity contribution is 0.275. The summed E-state index contributed by atoms with van der Waals surface area (Å²) in [6.07, 6.45) is 0.465. The Bertz CT molecular complexity index is 578. The fourth-order valence-electron chi connectivity index (χ4n) is 1.97. The molecule has 4 nitrogen and oxygen atoms in total. The molecule has 0 unspecified atom stereocenters. The first-order chi connectivity index (χ1) is 9.13. The quantitative estimate of drug-likeness (QED) is 0.674. The molecule has 0 amide bonds. The molecule has 0 saturated carbocycles. The van der Waals surface area contributed by atoms with Gasteiger partial charge in [0.1, 0.15) is 11.5 Å². The standard InChI is InChI=1S/C15H16O4/c16-8-11-2-4-14(18)12(7-11)5-10-1-3-15(19)13(6-10)9-17/h1-4,6-7,16-19H,5,8-9H2. The molecule has 4 N–H and O–H groups in total. The van der Waals surface area contributed by atoms with Gasteiger partial charge in [-0.15, -0.1) is 0 Å². The highest BCUT2D eigenvalue weighted by Gasteiger charge is 2.06. The van der Waals surface area contributed by atoms with E-state index in [2.05, 4.69) is 0 Å². The Labute approximate surface area is 111 Å². The van der Waals surface area contributed by atoms with E-state index in [1.165, 1.54) is 6.07 Å². The minimum Gasteiger partial charge on any atom is -0.508 e. The lowest BCUT2D eigenvalue weighted by Crippen LogP contribution is -1.94. The van der Waals surface area contributed by atoms with Gasteiger partial charge in [-0.3, -0.25) is 0 Å². The van der Waals surface area contributed by atoms with Gasteiger partial charge in [0.2, 0.25) is 0 Å². The highest BCUT2D eigenvalue weighted by atomic mass is 16.3. The summed E-state index contributed by atoms with van der Waals surface area (Å²) in [4.78, 5) is 0. The SMILES string of the molecule is OCc1ccc(O)c(Cc2ccc(O)c(CO)c2)c1. The number of phenols is 2. The molecule has 4 heteroatoms. The van der Waals surface area contributed by atoms with Crippen molar-refractivity contribution >= 4 is 0 Å². The van der Waals surface area contributed by atoms with E-state index in [-0.39, 0.29) is 24.7 Å². The van der Waals surface area contributed by atoms with Crippen LogP contribution in [0.3, 0.4) is 0 Å². The number of aromatic hydroxyl groups is 2. The van der Waals surface area contributed by atoms with Gasteiger partial charge in [-0.05, 0) is 41.0 Å². The summed E-state index contributed by atoms with van der Waals surface area (Å²) >= 11 is 0. The molecular weight excluding hydrogens is 244 g/mol. The number of hydrogen-bond donors (Lipinski definition) is 4. The van der Waals surface area contributed by atoms with Crippen LogP contribution in [0.4, 0.5) is 0 Å². The molecule has 0 atom stereocenters. The molecule has 0 fully saturated rings. The molecule has 0 bridgehead atoms. The normalized spacial score (nSPS) is 10.6. The molecule has 0 radical (unpaired) electrons. The van der Waals surface area contributed by atoms with Crippen molar-refractivity contribution in [3.8, 4) is 11.5 Å². The minimum absolute atomic E-state index is 0.0552. The average Bonchev–Trinajstić information content (AvgIpc) is 2.43. The second kappa shape index (κ2) is 5.73. The fourth-order valence-corrected chi connectivity index (χ4v) is 1.97. The predicted molar refractivity (Wildman–Crippen MR) is 70.9 cm³/mol. The summed E-state index contributed by atoms with van der Waals surface area (Å²) in [6, 6.07) is 9.90. The Morgan fingerprint density at radius 2 is 1.26 bits per heavy atom. The van der Waals surface area contributed by atoms with E-state index in [1.54, 1.807) is 30.3 Å². The van der Waals surface area contributed by atoms with Crippen molar-refractivity contribution in [1.29, 1.82) is 0 Å². The van der Waals surface area contributed by atoms with E-state index in [9.17, 15) is 10.2 Å². The second-order valence-electron chi connectivity index (χ2n) is 4.42. The lowest BCUT2D eigenvalue weighted by atomic mass is 10.00. The number of rotatable bonds is 4. The molecule has 0 heterocycles. The predicted octanol–water partition coefficient (Wildman–Crippen LogP) is 1.67. The zero-order valence-corrected chi connectivity index (χ0v) is 10.4.